The van der Waals surface area contributed by atoms with Crippen molar-refractivity contribution in [2.45, 2.75) is 5.41 Å². The van der Waals surface area contributed by atoms with Gasteiger partial charge in [0.25, 0.3) is 0 Å². The number of fused-ring (bicyclic) bond motifs is 5. The Kier molecular flexibility index (Phi) is 8.31. The van der Waals surface area contributed by atoms with E-state index < -0.39 is 5.41 Å². The van der Waals surface area contributed by atoms with Crippen LogP contribution in [0.25, 0.3) is 23.3 Å². The Labute approximate surface area is 331 Å². The average molecular weight is 735 g/mol. The van der Waals surface area contributed by atoms with Gasteiger partial charge in [-0.05, 0) is 129 Å². The first-order chi connectivity index (χ1) is 28.0. The van der Waals surface area contributed by atoms with Crippen LogP contribution in [0.1, 0.15) is 65.2 Å². The van der Waals surface area contributed by atoms with E-state index >= 15 is 0 Å². The van der Waals surface area contributed by atoms with Crippen molar-refractivity contribution in [1.82, 2.24) is 0 Å². The summed E-state index contributed by atoms with van der Waals surface area (Å²) in [6.45, 7) is 0. The first-order valence-corrected chi connectivity index (χ1v) is 19.0. The molecule has 8 aromatic carbocycles. The normalized spacial score (nSPS) is 13.7. The molecular weight excluding hydrogens is 701 g/mol. The molecule has 57 heavy (non-hydrogen) atoms. The van der Waals surface area contributed by atoms with Gasteiger partial charge in [0, 0.05) is 22.3 Å². The second-order valence-corrected chi connectivity index (χ2v) is 14.4. The monoisotopic (exact) mass is 734 g/mol. The maximum atomic E-state index is 13.6. The predicted molar refractivity (Wildman–Crippen MR) is 225 cm³/mol. The number of ketones is 2. The van der Waals surface area contributed by atoms with Crippen LogP contribution >= 0.6 is 0 Å². The zero-order valence-corrected chi connectivity index (χ0v) is 30.8. The fourth-order valence-corrected chi connectivity index (χ4v) is 8.28. The van der Waals surface area contributed by atoms with Gasteiger partial charge in [-0.15, -0.1) is 0 Å². The van der Waals surface area contributed by atoms with E-state index in [0.717, 1.165) is 22.3 Å². The molecule has 4 heteroatoms. The fourth-order valence-electron chi connectivity index (χ4n) is 8.28. The maximum absolute atomic E-state index is 13.6. The SMILES string of the molecule is O=C1c2ccc(cc2)Oc2ccc(cc2)C2(c3ccc(cc3)Oc3ccc(cc3)C(=O)c3cccc(c3)C=Cc3cccc1c3)c1ccccc1-c1ccccc12. The van der Waals surface area contributed by atoms with Crippen LogP contribution < -0.4 is 9.47 Å². The average Bonchev–Trinajstić information content (AvgIpc) is 3.57. The van der Waals surface area contributed by atoms with Crippen LogP contribution in [0.4, 0.5) is 0 Å². The highest BCUT2D eigenvalue weighted by atomic mass is 16.5. The van der Waals surface area contributed by atoms with Crippen molar-refractivity contribution in [3.8, 4) is 34.1 Å². The van der Waals surface area contributed by atoms with Crippen LogP contribution in [0.5, 0.6) is 23.0 Å². The smallest absolute Gasteiger partial charge is 0.193 e. The van der Waals surface area contributed by atoms with Crippen LogP contribution in [-0.2, 0) is 5.41 Å². The van der Waals surface area contributed by atoms with E-state index in [1.165, 1.54) is 22.3 Å². The molecule has 270 valence electrons. The Bertz CT molecular complexity index is 2650. The highest BCUT2D eigenvalue weighted by Gasteiger charge is 2.45. The number of benzene rings is 8. The number of rotatable bonds is 0. The van der Waals surface area contributed by atoms with Crippen molar-refractivity contribution in [3.63, 3.8) is 0 Å². The van der Waals surface area contributed by atoms with Crippen molar-refractivity contribution in [2.75, 3.05) is 0 Å². The maximum Gasteiger partial charge on any atom is 0.193 e. The Morgan fingerprint density at radius 3 is 1.11 bits per heavy atom. The van der Waals surface area contributed by atoms with Gasteiger partial charge >= 0.3 is 0 Å². The lowest BCUT2D eigenvalue weighted by molar-refractivity contribution is 0.103. The molecule has 4 nitrogen and oxygen atoms in total. The summed E-state index contributed by atoms with van der Waals surface area (Å²) in [4.78, 5) is 27.2. The molecule has 0 saturated carbocycles. The molecule has 1 spiro atoms. The molecule has 0 atom stereocenters. The molecule has 12 bridgehead atoms. The number of ether oxygens (including phenoxy) is 2. The van der Waals surface area contributed by atoms with Crippen molar-refractivity contribution < 1.29 is 19.1 Å². The number of carbonyl (C=O) groups excluding carboxylic acids is 2. The molecule has 6 aliphatic heterocycles. The van der Waals surface area contributed by atoms with Gasteiger partial charge in [0.05, 0.1) is 5.41 Å². The Balaban J connectivity index is 1.08. The van der Waals surface area contributed by atoms with E-state index in [1.807, 2.05) is 109 Å². The lowest BCUT2D eigenvalue weighted by atomic mass is 9.68. The summed E-state index contributed by atoms with van der Waals surface area (Å²) in [5.41, 5.74) is 10.5. The Hall–Kier alpha value is -7.56. The fraction of sp³-hybridized carbons (Fsp3) is 0.0189. The van der Waals surface area contributed by atoms with Crippen LogP contribution in [0.3, 0.4) is 0 Å². The van der Waals surface area contributed by atoms with E-state index in [1.54, 1.807) is 24.3 Å². The third-order valence-electron chi connectivity index (χ3n) is 11.0. The summed E-state index contributed by atoms with van der Waals surface area (Å²) in [5, 5.41) is 0. The number of carbonyl (C=O) groups is 2. The predicted octanol–water partition coefficient (Wildman–Crippen LogP) is 12.6. The van der Waals surface area contributed by atoms with Gasteiger partial charge in [0.2, 0.25) is 0 Å². The lowest BCUT2D eigenvalue weighted by Gasteiger charge is -2.34. The van der Waals surface area contributed by atoms with Gasteiger partial charge in [-0.3, -0.25) is 9.59 Å². The van der Waals surface area contributed by atoms with Gasteiger partial charge < -0.3 is 9.47 Å². The summed E-state index contributed by atoms with van der Waals surface area (Å²) in [6, 6.07) is 63.5. The molecule has 1 aliphatic carbocycles. The summed E-state index contributed by atoms with van der Waals surface area (Å²) < 4.78 is 12.7. The molecule has 7 aliphatic rings. The zero-order valence-electron chi connectivity index (χ0n) is 30.8. The second-order valence-electron chi connectivity index (χ2n) is 14.4. The molecule has 0 unspecified atom stereocenters. The zero-order chi connectivity index (χ0) is 38.3. The van der Waals surface area contributed by atoms with Crippen molar-refractivity contribution in [3.05, 3.63) is 250 Å². The minimum absolute atomic E-state index is 0.0791. The van der Waals surface area contributed by atoms with Gasteiger partial charge in [-0.2, -0.15) is 0 Å². The molecule has 0 amide bonds. The van der Waals surface area contributed by atoms with E-state index in [2.05, 4.69) is 72.8 Å². The van der Waals surface area contributed by atoms with Crippen molar-refractivity contribution in [2.24, 2.45) is 0 Å². The standard InChI is InChI=1S/C53H34O4/c54-51-37-17-25-43(26-18-37)56-45-29-21-41(22-30-45)53(49-13-3-1-11-47(49)48-12-2-4-14-50(48)53)42-23-31-46(32-24-42)57-44-27-19-38(20-28-44)52(55)40-10-6-8-36(34-40)16-15-35-7-5-9-39(51)33-35/h1-34H. The molecule has 0 fully saturated rings. The van der Waals surface area contributed by atoms with E-state index in [4.69, 9.17) is 9.47 Å². The van der Waals surface area contributed by atoms with Crippen LogP contribution in [0.2, 0.25) is 0 Å². The first kappa shape index (κ1) is 34.0. The van der Waals surface area contributed by atoms with E-state index in [9.17, 15) is 9.59 Å². The number of hydrogen-bond acceptors (Lipinski definition) is 4. The third kappa shape index (κ3) is 6.05. The van der Waals surface area contributed by atoms with Gasteiger partial charge in [0.1, 0.15) is 23.0 Å². The quantitative estimate of drug-likeness (QED) is 0.156. The second kappa shape index (κ2) is 13.9. The Morgan fingerprint density at radius 2 is 0.702 bits per heavy atom. The van der Waals surface area contributed by atoms with Crippen molar-refractivity contribution >= 4 is 23.7 Å². The molecule has 0 N–H and O–H groups in total. The highest BCUT2D eigenvalue weighted by molar-refractivity contribution is 6.10. The number of hydrogen-bond donors (Lipinski definition) is 0. The Morgan fingerprint density at radius 1 is 0.333 bits per heavy atom. The van der Waals surface area contributed by atoms with Gasteiger partial charge in [-0.25, -0.2) is 0 Å². The van der Waals surface area contributed by atoms with Crippen LogP contribution in [-0.4, -0.2) is 11.6 Å². The van der Waals surface area contributed by atoms with Gasteiger partial charge in [0.15, 0.2) is 11.6 Å². The summed E-state index contributed by atoms with van der Waals surface area (Å²) in [6.07, 6.45) is 3.90. The molecule has 8 aromatic rings. The molecular formula is C53H34O4. The summed E-state index contributed by atoms with van der Waals surface area (Å²) in [7, 11) is 0. The van der Waals surface area contributed by atoms with E-state index in [0.29, 0.717) is 45.3 Å². The topological polar surface area (TPSA) is 52.6 Å². The minimum atomic E-state index is -0.597. The molecule has 6 heterocycles. The first-order valence-electron chi connectivity index (χ1n) is 19.0. The minimum Gasteiger partial charge on any atom is -0.457 e. The van der Waals surface area contributed by atoms with Gasteiger partial charge in [-0.1, -0.05) is 121 Å². The van der Waals surface area contributed by atoms with Crippen LogP contribution in [0, 0.1) is 0 Å². The summed E-state index contributed by atoms with van der Waals surface area (Å²) in [5.74, 6) is 2.50. The van der Waals surface area contributed by atoms with Crippen molar-refractivity contribution in [1.29, 1.82) is 0 Å². The van der Waals surface area contributed by atoms with Crippen LogP contribution in [0.15, 0.2) is 194 Å². The third-order valence-corrected chi connectivity index (χ3v) is 11.0. The lowest BCUT2D eigenvalue weighted by Crippen LogP contribution is -2.28. The molecule has 15 rings (SSSR count). The summed E-state index contributed by atoms with van der Waals surface area (Å²) >= 11 is 0. The molecule has 0 saturated heterocycles. The van der Waals surface area contributed by atoms with E-state index in [-0.39, 0.29) is 11.6 Å². The highest BCUT2D eigenvalue weighted by Crippen LogP contribution is 2.56. The molecule has 0 radical (unpaired) electrons. The largest absolute Gasteiger partial charge is 0.457 e. The molecule has 0 aromatic heterocycles.